The van der Waals surface area contributed by atoms with E-state index in [0.717, 1.165) is 13.1 Å². The molecule has 1 aromatic carbocycles. The molecule has 4 amide bonds. The van der Waals surface area contributed by atoms with Crippen molar-refractivity contribution in [1.82, 2.24) is 15.5 Å². The minimum absolute atomic E-state index is 0.0149. The van der Waals surface area contributed by atoms with E-state index in [0.29, 0.717) is 13.1 Å². The number of carbonyl (C=O) groups excluding carboxylic acids is 3. The number of urea groups is 1. The van der Waals surface area contributed by atoms with Gasteiger partial charge in [-0.25, -0.2) is 4.79 Å². The molecule has 128 valence electrons. The Labute approximate surface area is 141 Å². The van der Waals surface area contributed by atoms with Crippen LogP contribution in [0.3, 0.4) is 0 Å². The Balaban J connectivity index is 1.57. The van der Waals surface area contributed by atoms with Gasteiger partial charge in [-0.15, -0.1) is 0 Å². The van der Waals surface area contributed by atoms with E-state index in [4.69, 9.17) is 0 Å². The van der Waals surface area contributed by atoms with E-state index in [-0.39, 0.29) is 12.3 Å². The molecule has 0 aliphatic carbocycles. The van der Waals surface area contributed by atoms with E-state index < -0.39 is 18.0 Å². The van der Waals surface area contributed by atoms with Crippen LogP contribution >= 0.6 is 0 Å². The highest BCUT2D eigenvalue weighted by atomic mass is 16.2. The zero-order valence-corrected chi connectivity index (χ0v) is 14.0. The van der Waals surface area contributed by atoms with Gasteiger partial charge in [0.25, 0.3) is 5.91 Å². The van der Waals surface area contributed by atoms with Crippen LogP contribution in [0, 0.1) is 13.8 Å². The molecule has 2 aliphatic heterocycles. The molecule has 2 saturated heterocycles. The summed E-state index contributed by atoms with van der Waals surface area (Å²) < 4.78 is 0. The van der Waals surface area contributed by atoms with E-state index in [1.807, 2.05) is 0 Å². The van der Waals surface area contributed by atoms with Gasteiger partial charge in [0.1, 0.15) is 6.04 Å². The molecule has 2 fully saturated rings. The fourth-order valence-corrected chi connectivity index (χ4v) is 3.18. The molecular formula is C17H22N4O3. The fourth-order valence-electron chi connectivity index (χ4n) is 3.18. The van der Waals surface area contributed by atoms with Crippen LogP contribution in [0.25, 0.3) is 0 Å². The lowest BCUT2D eigenvalue weighted by atomic mass is 10.1. The summed E-state index contributed by atoms with van der Waals surface area (Å²) in [7, 11) is 0. The van der Waals surface area contributed by atoms with Crippen LogP contribution in [0.2, 0.25) is 0 Å². The molecule has 1 atom stereocenters. The number of imide groups is 1. The van der Waals surface area contributed by atoms with Crippen LogP contribution in [0.1, 0.15) is 17.5 Å². The van der Waals surface area contributed by atoms with Crippen molar-refractivity contribution < 1.29 is 14.4 Å². The summed E-state index contributed by atoms with van der Waals surface area (Å²) in [4.78, 5) is 39.0. The van der Waals surface area contributed by atoms with Crippen molar-refractivity contribution in [2.24, 2.45) is 0 Å². The third kappa shape index (κ3) is 3.20. The number of nitrogens with one attached hydrogen (secondary N) is 2. The fraction of sp³-hybridized carbons (Fsp3) is 0.471. The van der Waals surface area contributed by atoms with Gasteiger partial charge >= 0.3 is 6.03 Å². The van der Waals surface area contributed by atoms with Gasteiger partial charge in [-0.2, -0.15) is 0 Å². The van der Waals surface area contributed by atoms with Crippen molar-refractivity contribution >= 4 is 23.5 Å². The zero-order chi connectivity index (χ0) is 17.3. The molecule has 0 unspecified atom stereocenters. The largest absolute Gasteiger partial charge is 0.368 e. The lowest BCUT2D eigenvalue weighted by Gasteiger charge is -2.37. The van der Waals surface area contributed by atoms with Crippen LogP contribution in [-0.2, 0) is 9.59 Å². The van der Waals surface area contributed by atoms with Gasteiger partial charge in [0, 0.05) is 31.9 Å². The number of anilines is 1. The number of carbonyl (C=O) groups is 3. The van der Waals surface area contributed by atoms with Gasteiger partial charge in [0.05, 0.1) is 6.42 Å². The number of hydrogen-bond donors (Lipinski definition) is 2. The smallest absolute Gasteiger partial charge is 0.322 e. The van der Waals surface area contributed by atoms with Crippen molar-refractivity contribution in [3.8, 4) is 0 Å². The third-order valence-corrected chi connectivity index (χ3v) is 4.79. The highest BCUT2D eigenvalue weighted by Crippen LogP contribution is 2.24. The zero-order valence-electron chi connectivity index (χ0n) is 14.0. The van der Waals surface area contributed by atoms with Gasteiger partial charge in [-0.05, 0) is 31.0 Å². The van der Waals surface area contributed by atoms with Gasteiger partial charge in [-0.1, -0.05) is 12.1 Å². The summed E-state index contributed by atoms with van der Waals surface area (Å²) in [6, 6.07) is 4.98. The minimum atomic E-state index is -0.748. The molecule has 0 bridgehead atoms. The maximum Gasteiger partial charge on any atom is 0.322 e. The third-order valence-electron chi connectivity index (χ3n) is 4.79. The number of piperazine rings is 1. The summed E-state index contributed by atoms with van der Waals surface area (Å²) in [5, 5.41) is 4.61. The Morgan fingerprint density at radius 3 is 2.50 bits per heavy atom. The summed E-state index contributed by atoms with van der Waals surface area (Å²) in [5.74, 6) is -0.527. The van der Waals surface area contributed by atoms with E-state index in [1.54, 1.807) is 4.90 Å². The first-order chi connectivity index (χ1) is 11.5. The molecule has 0 radical (unpaired) electrons. The average Bonchev–Trinajstić information content (AvgIpc) is 2.87. The number of hydrogen-bond acceptors (Lipinski definition) is 4. The van der Waals surface area contributed by atoms with Crippen LogP contribution in [0.5, 0.6) is 0 Å². The highest BCUT2D eigenvalue weighted by Gasteiger charge is 2.33. The monoisotopic (exact) mass is 330 g/mol. The Kier molecular flexibility index (Phi) is 4.42. The quantitative estimate of drug-likeness (QED) is 0.793. The second kappa shape index (κ2) is 6.51. The van der Waals surface area contributed by atoms with E-state index in [2.05, 4.69) is 47.6 Å². The molecular weight excluding hydrogens is 308 g/mol. The SMILES string of the molecule is Cc1cccc(N2CCN(C(=O)C[C@H]3NC(=O)NC3=O)CC2)c1C. The Bertz CT molecular complexity index is 680. The maximum absolute atomic E-state index is 12.3. The van der Waals surface area contributed by atoms with Crippen molar-refractivity contribution in [1.29, 1.82) is 0 Å². The molecule has 7 heteroatoms. The van der Waals surface area contributed by atoms with Crippen molar-refractivity contribution in [2.75, 3.05) is 31.1 Å². The normalized spacial score (nSPS) is 20.8. The van der Waals surface area contributed by atoms with Gasteiger partial charge in [-0.3, -0.25) is 14.9 Å². The van der Waals surface area contributed by atoms with Crippen molar-refractivity contribution in [3.05, 3.63) is 29.3 Å². The molecule has 24 heavy (non-hydrogen) atoms. The van der Waals surface area contributed by atoms with E-state index in [9.17, 15) is 14.4 Å². The molecule has 7 nitrogen and oxygen atoms in total. The first kappa shape index (κ1) is 16.3. The number of amides is 4. The molecule has 0 aromatic heterocycles. The molecule has 2 heterocycles. The molecule has 1 aromatic rings. The number of aryl methyl sites for hydroxylation is 1. The molecule has 2 aliphatic rings. The molecule has 0 saturated carbocycles. The van der Waals surface area contributed by atoms with E-state index in [1.165, 1.54) is 16.8 Å². The average molecular weight is 330 g/mol. The van der Waals surface area contributed by atoms with Crippen molar-refractivity contribution in [2.45, 2.75) is 26.3 Å². The minimum Gasteiger partial charge on any atom is -0.368 e. The summed E-state index contributed by atoms with van der Waals surface area (Å²) >= 11 is 0. The first-order valence-electron chi connectivity index (χ1n) is 8.16. The second-order valence-corrected chi connectivity index (χ2v) is 6.31. The number of rotatable bonds is 3. The van der Waals surface area contributed by atoms with E-state index >= 15 is 0 Å². The van der Waals surface area contributed by atoms with Gasteiger partial charge in [0.15, 0.2) is 0 Å². The lowest BCUT2D eigenvalue weighted by molar-refractivity contribution is -0.134. The van der Waals surface area contributed by atoms with Crippen LogP contribution in [0.4, 0.5) is 10.5 Å². The Morgan fingerprint density at radius 1 is 1.17 bits per heavy atom. The van der Waals surface area contributed by atoms with Crippen molar-refractivity contribution in [3.63, 3.8) is 0 Å². The molecule has 2 N–H and O–H groups in total. The summed E-state index contributed by atoms with van der Waals surface area (Å²) in [5.41, 5.74) is 3.74. The maximum atomic E-state index is 12.3. The molecule has 0 spiro atoms. The highest BCUT2D eigenvalue weighted by molar-refractivity contribution is 6.05. The van der Waals surface area contributed by atoms with Crippen LogP contribution in [-0.4, -0.2) is 55.0 Å². The number of nitrogens with zero attached hydrogens (tertiary/aromatic N) is 2. The summed E-state index contributed by atoms with van der Waals surface area (Å²) in [6.07, 6.45) is 0.0149. The van der Waals surface area contributed by atoms with Crippen LogP contribution < -0.4 is 15.5 Å². The number of benzene rings is 1. The Hall–Kier alpha value is -2.57. The summed E-state index contributed by atoms with van der Waals surface area (Å²) in [6.45, 7) is 6.98. The lowest BCUT2D eigenvalue weighted by Crippen LogP contribution is -2.50. The topological polar surface area (TPSA) is 81.8 Å². The Morgan fingerprint density at radius 2 is 1.88 bits per heavy atom. The van der Waals surface area contributed by atoms with Gasteiger partial charge < -0.3 is 15.1 Å². The predicted molar refractivity (Wildman–Crippen MR) is 89.8 cm³/mol. The van der Waals surface area contributed by atoms with Gasteiger partial charge in [0.2, 0.25) is 5.91 Å². The first-order valence-corrected chi connectivity index (χ1v) is 8.16. The van der Waals surface area contributed by atoms with Crippen LogP contribution in [0.15, 0.2) is 18.2 Å². The standard InChI is InChI=1S/C17H22N4O3/c1-11-4-3-5-14(12(11)2)20-6-8-21(9-7-20)15(22)10-13-16(23)19-17(24)18-13/h3-5,13H,6-10H2,1-2H3,(H2,18,19,23,24)/t13-/m1/s1. The molecule has 3 rings (SSSR count). The second-order valence-electron chi connectivity index (χ2n) is 6.31. The predicted octanol–water partition coefficient (Wildman–Crippen LogP) is 0.550.